The highest BCUT2D eigenvalue weighted by Crippen LogP contribution is 2.38. The van der Waals surface area contributed by atoms with E-state index in [9.17, 15) is 22.8 Å². The predicted octanol–water partition coefficient (Wildman–Crippen LogP) is 10.4. The molecule has 2 aromatic heterocycles. The zero-order chi connectivity index (χ0) is 43.0. The number of halogens is 6. The zero-order valence-corrected chi connectivity index (χ0v) is 36.3. The second kappa shape index (κ2) is 17.9. The first-order valence-corrected chi connectivity index (χ1v) is 21.9. The minimum absolute atomic E-state index is 0.0195. The number of carbonyl (C=O) groups is 3. The summed E-state index contributed by atoms with van der Waals surface area (Å²) in [6.07, 6.45) is 1.09. The van der Waals surface area contributed by atoms with Crippen LogP contribution in [0.2, 0.25) is 30.1 Å². The Labute approximate surface area is 372 Å². The zero-order valence-electron chi connectivity index (χ0n) is 30.9. The Bertz CT molecular complexity index is 2720. The quantitative estimate of drug-likeness (QED) is 0.132. The summed E-state index contributed by atoms with van der Waals surface area (Å²) in [5, 5.41) is 24.2. The number of carboxylic acids is 2. The molecule has 4 heterocycles. The number of hydrogen-bond acceptors (Lipinski definition) is 9. The normalized spacial score (nSPS) is 15.2. The Morgan fingerprint density at radius 2 is 1.15 bits per heavy atom. The minimum atomic E-state index is -3.81. The molecule has 6 aromatic rings. The number of amides is 1. The van der Waals surface area contributed by atoms with E-state index in [0.717, 1.165) is 5.69 Å². The molecular weight excluding hydrogens is 925 g/mol. The number of carboxylic acid groups (broad SMARTS) is 2. The SMILES string of the molecule is O=C(O)c1cc2c(Cl)c(N3CCN(C(=O)c4c(Cl)cccc4Cl)CC3)ccc2o1.O=C(O)c1cc2c(Cl)c(NC3CCN(S(=O)(=O)c4c(Cl)cccc4Cl)CC3)ccc2o1. The molecule has 0 unspecified atom stereocenters. The molecule has 1 amide bonds. The van der Waals surface area contributed by atoms with Gasteiger partial charge in [-0.15, -0.1) is 0 Å². The van der Waals surface area contributed by atoms with Crippen LogP contribution in [0.25, 0.3) is 21.9 Å². The third-order valence-corrected chi connectivity index (χ3v) is 14.4. The monoisotopic (exact) mass is 954 g/mol. The first-order valence-electron chi connectivity index (χ1n) is 18.1. The third-order valence-electron chi connectivity index (χ3n) is 10.1. The molecule has 2 aliphatic heterocycles. The van der Waals surface area contributed by atoms with E-state index in [2.05, 4.69) is 5.32 Å². The predicted molar refractivity (Wildman–Crippen MR) is 233 cm³/mol. The lowest BCUT2D eigenvalue weighted by atomic mass is 10.1. The lowest BCUT2D eigenvalue weighted by molar-refractivity contribution is 0.0655. The molecule has 20 heteroatoms. The first-order chi connectivity index (χ1) is 28.5. The van der Waals surface area contributed by atoms with Crippen molar-refractivity contribution in [3.05, 3.63) is 120 Å². The topological polar surface area (TPSA) is 174 Å². The summed E-state index contributed by atoms with van der Waals surface area (Å²) in [4.78, 5) is 38.8. The number of piperidine rings is 1. The number of nitrogens with one attached hydrogen (secondary N) is 1. The Balaban J connectivity index is 0.000000182. The minimum Gasteiger partial charge on any atom is -0.475 e. The maximum atomic E-state index is 13.0. The molecule has 0 radical (unpaired) electrons. The van der Waals surface area contributed by atoms with Gasteiger partial charge in [-0.25, -0.2) is 18.0 Å². The van der Waals surface area contributed by atoms with Crippen molar-refractivity contribution in [3.63, 3.8) is 0 Å². The maximum absolute atomic E-state index is 13.0. The van der Waals surface area contributed by atoms with Gasteiger partial charge >= 0.3 is 11.9 Å². The second-order valence-corrected chi connectivity index (χ2v) is 18.0. The molecule has 0 bridgehead atoms. The van der Waals surface area contributed by atoms with Crippen molar-refractivity contribution in [1.82, 2.24) is 9.21 Å². The summed E-state index contributed by atoms with van der Waals surface area (Å²) in [6.45, 7) is 2.64. The molecule has 2 fully saturated rings. The molecule has 60 heavy (non-hydrogen) atoms. The summed E-state index contributed by atoms with van der Waals surface area (Å²) in [6, 6.07) is 19.2. The van der Waals surface area contributed by atoms with Gasteiger partial charge in [-0.05, 0) is 61.4 Å². The molecule has 2 saturated heterocycles. The number of carbonyl (C=O) groups excluding carboxylic acids is 1. The van der Waals surface area contributed by atoms with Crippen LogP contribution in [0.5, 0.6) is 0 Å². The highest BCUT2D eigenvalue weighted by Gasteiger charge is 2.33. The van der Waals surface area contributed by atoms with E-state index < -0.39 is 22.0 Å². The molecular formula is C40H32Cl6N4O9S. The molecule has 2 aliphatic rings. The van der Waals surface area contributed by atoms with Crippen LogP contribution in [0.4, 0.5) is 11.4 Å². The number of aromatic carboxylic acids is 2. The van der Waals surface area contributed by atoms with Crippen molar-refractivity contribution >= 4 is 131 Å². The lowest BCUT2D eigenvalue weighted by Gasteiger charge is -2.36. The van der Waals surface area contributed by atoms with Crippen LogP contribution < -0.4 is 10.2 Å². The van der Waals surface area contributed by atoms with E-state index in [0.29, 0.717) is 92.3 Å². The van der Waals surface area contributed by atoms with Gasteiger partial charge in [0.05, 0.1) is 47.1 Å². The maximum Gasteiger partial charge on any atom is 0.371 e. The molecule has 4 aromatic carbocycles. The summed E-state index contributed by atoms with van der Waals surface area (Å²) in [5.41, 5.74) is 2.49. The third kappa shape index (κ3) is 8.84. The van der Waals surface area contributed by atoms with Crippen LogP contribution in [0.1, 0.15) is 44.3 Å². The van der Waals surface area contributed by atoms with Crippen molar-refractivity contribution in [2.45, 2.75) is 23.8 Å². The fourth-order valence-electron chi connectivity index (χ4n) is 7.04. The first kappa shape index (κ1) is 43.7. The Morgan fingerprint density at radius 3 is 1.68 bits per heavy atom. The number of fused-ring (bicyclic) bond motifs is 2. The van der Waals surface area contributed by atoms with Crippen LogP contribution in [-0.4, -0.2) is 91.0 Å². The number of furan rings is 2. The Morgan fingerprint density at radius 1 is 0.650 bits per heavy atom. The van der Waals surface area contributed by atoms with Gasteiger partial charge in [0.2, 0.25) is 21.5 Å². The molecule has 0 atom stereocenters. The molecule has 0 spiro atoms. The smallest absolute Gasteiger partial charge is 0.371 e. The van der Waals surface area contributed by atoms with Gasteiger partial charge in [0.15, 0.2) is 0 Å². The van der Waals surface area contributed by atoms with E-state index in [-0.39, 0.29) is 51.5 Å². The van der Waals surface area contributed by atoms with Gasteiger partial charge in [-0.1, -0.05) is 81.7 Å². The summed E-state index contributed by atoms with van der Waals surface area (Å²) >= 11 is 37.5. The van der Waals surface area contributed by atoms with Gasteiger partial charge in [0.25, 0.3) is 5.91 Å². The van der Waals surface area contributed by atoms with Gasteiger partial charge in [0.1, 0.15) is 16.1 Å². The lowest BCUT2D eigenvalue weighted by Crippen LogP contribution is -2.49. The van der Waals surface area contributed by atoms with Gasteiger partial charge in [-0.3, -0.25) is 4.79 Å². The average Bonchev–Trinajstić information content (AvgIpc) is 3.86. The van der Waals surface area contributed by atoms with Crippen molar-refractivity contribution in [2.75, 3.05) is 49.5 Å². The van der Waals surface area contributed by atoms with Crippen molar-refractivity contribution in [3.8, 4) is 0 Å². The number of rotatable bonds is 8. The molecule has 8 rings (SSSR count). The highest BCUT2D eigenvalue weighted by atomic mass is 35.5. The van der Waals surface area contributed by atoms with Crippen molar-refractivity contribution < 1.29 is 41.8 Å². The fraction of sp³-hybridized carbons (Fsp3) is 0.225. The number of nitrogens with zero attached hydrogens (tertiary/aromatic N) is 3. The second-order valence-electron chi connectivity index (χ2n) is 13.7. The summed E-state index contributed by atoms with van der Waals surface area (Å²) in [7, 11) is -3.81. The largest absolute Gasteiger partial charge is 0.475 e. The molecule has 0 aliphatic carbocycles. The number of benzene rings is 4. The van der Waals surface area contributed by atoms with Gasteiger partial charge in [0, 0.05) is 68.2 Å². The van der Waals surface area contributed by atoms with Crippen molar-refractivity contribution in [2.24, 2.45) is 0 Å². The van der Waals surface area contributed by atoms with Gasteiger partial charge in [-0.2, -0.15) is 4.31 Å². The molecule has 314 valence electrons. The Hall–Kier alpha value is -4.38. The van der Waals surface area contributed by atoms with Crippen LogP contribution in [-0.2, 0) is 10.0 Å². The van der Waals surface area contributed by atoms with Crippen LogP contribution >= 0.6 is 69.6 Å². The summed E-state index contributed by atoms with van der Waals surface area (Å²) < 4.78 is 37.9. The number of sulfonamides is 1. The van der Waals surface area contributed by atoms with Crippen LogP contribution in [0.15, 0.2) is 86.5 Å². The molecule has 13 nitrogen and oxygen atoms in total. The fourth-order valence-corrected chi connectivity index (χ4v) is 10.8. The van der Waals surface area contributed by atoms with E-state index in [1.807, 2.05) is 4.90 Å². The molecule has 0 saturated carbocycles. The van der Waals surface area contributed by atoms with Crippen LogP contribution in [0.3, 0.4) is 0 Å². The molecule has 3 N–H and O–H groups in total. The number of hydrogen-bond donors (Lipinski definition) is 3. The van der Waals surface area contributed by atoms with Crippen molar-refractivity contribution in [1.29, 1.82) is 0 Å². The highest BCUT2D eigenvalue weighted by molar-refractivity contribution is 7.89. The van der Waals surface area contributed by atoms with E-state index in [4.69, 9.17) is 88.7 Å². The van der Waals surface area contributed by atoms with E-state index >= 15 is 0 Å². The van der Waals surface area contributed by atoms with E-state index in [1.54, 1.807) is 53.4 Å². The standard InChI is InChI=1S/C20H17Cl3N2O5S.C20H15Cl3N2O4/c21-13-2-1-3-14(22)19(13)31(28,29)25-8-6-11(7-9-25)24-15-4-5-16-12(18(15)23)10-17(30-16)20(26)27;21-12-2-1-3-13(22)17(12)19(26)25-8-6-24(7-9-25)14-4-5-15-11(18(14)23)10-16(29-15)20(27)28/h1-5,10-11,24H,6-9H2,(H,26,27);1-5,10H,6-9H2,(H,27,28). The average molecular weight is 957 g/mol. The van der Waals surface area contributed by atoms with Crippen LogP contribution in [0, 0.1) is 0 Å². The number of piperazine rings is 1. The Kier molecular flexibility index (Phi) is 13.0. The van der Waals surface area contributed by atoms with Gasteiger partial charge < -0.3 is 34.2 Å². The summed E-state index contributed by atoms with van der Waals surface area (Å²) in [5.74, 6) is -2.88. The number of anilines is 2. The van der Waals surface area contributed by atoms with E-state index in [1.165, 1.54) is 28.6 Å².